The molecule has 0 aliphatic carbocycles. The first kappa shape index (κ1) is 7.66. The molecule has 7 heavy (non-hydrogen) atoms. The molecule has 3 heteroatoms. The van der Waals surface area contributed by atoms with Crippen LogP contribution < -0.4 is 0 Å². The van der Waals surface area contributed by atoms with E-state index in [0.717, 1.165) is 13.1 Å². The zero-order valence-corrected chi connectivity index (χ0v) is 6.54. The maximum absolute atomic E-state index is 4.19. The van der Waals surface area contributed by atoms with Crippen molar-refractivity contribution in [1.82, 2.24) is 0 Å². The molecule has 0 rings (SSSR count). The fourth-order valence-corrected chi connectivity index (χ4v) is 0.224. The molecule has 0 bridgehead atoms. The Labute approximate surface area is 56.4 Å². The fourth-order valence-electron chi connectivity index (χ4n) is 0.224. The lowest BCUT2D eigenvalue weighted by Crippen LogP contribution is -2.25. The summed E-state index contributed by atoms with van der Waals surface area (Å²) < 4.78 is 0.528. The molecule has 0 N–H and O–H groups in total. The highest BCUT2D eigenvalue weighted by atomic mass is 32.2. The second-order valence-corrected chi connectivity index (χ2v) is 3.36. The number of nitrogens with zero attached hydrogens (tertiary/aromatic N) is 1. The van der Waals surface area contributed by atoms with Gasteiger partial charge in [-0.25, -0.2) is 3.29 Å². The minimum Gasteiger partial charge on any atom is -0.207 e. The number of rotatable bonds is 2. The summed E-state index contributed by atoms with van der Waals surface area (Å²) in [4.78, 5) is 0. The molecule has 0 aromatic heterocycles. The van der Waals surface area contributed by atoms with Crippen LogP contribution in [0.3, 0.4) is 0 Å². The summed E-state index contributed by atoms with van der Waals surface area (Å²) in [6.45, 7) is 6.04. The molecule has 0 amide bonds. The maximum Gasteiger partial charge on any atom is 0.0970 e. The first-order chi connectivity index (χ1) is 3.12. The Hall–Kier alpha value is 0.660. The lowest BCUT2D eigenvalue weighted by molar-refractivity contribution is -0.634. The molecular weight excluding hydrogens is 126 g/mol. The quantitative estimate of drug-likeness (QED) is 0.419. The van der Waals surface area contributed by atoms with Crippen molar-refractivity contribution in [1.29, 1.82) is 0 Å². The summed E-state index contributed by atoms with van der Waals surface area (Å²) in [5.41, 5.74) is 0. The van der Waals surface area contributed by atoms with Gasteiger partial charge in [0.15, 0.2) is 0 Å². The van der Waals surface area contributed by atoms with Crippen molar-refractivity contribution in [2.45, 2.75) is 13.8 Å². The third-order valence-electron chi connectivity index (χ3n) is 1.01. The molecule has 0 radical (unpaired) electrons. The molecule has 0 aliphatic heterocycles. The highest BCUT2D eigenvalue weighted by molar-refractivity contribution is 7.87. The summed E-state index contributed by atoms with van der Waals surface area (Å²) in [6.07, 6.45) is 0. The van der Waals surface area contributed by atoms with E-state index < -0.39 is 0 Å². The average molecular weight is 138 g/mol. The normalized spacial score (nSPS) is 12.0. The van der Waals surface area contributed by atoms with Gasteiger partial charge in [-0.3, -0.25) is 0 Å². The van der Waals surface area contributed by atoms with Crippen molar-refractivity contribution in [2.75, 3.05) is 13.1 Å². The van der Waals surface area contributed by atoms with Crippen molar-refractivity contribution < 1.29 is 3.29 Å². The van der Waals surface area contributed by atoms with E-state index in [1.807, 2.05) is 0 Å². The first-order valence-corrected chi connectivity index (χ1v) is 3.25. The highest BCUT2D eigenvalue weighted by Gasteiger charge is 2.10. The minimum absolute atomic E-state index is 0.528. The van der Waals surface area contributed by atoms with E-state index in [4.69, 9.17) is 0 Å². The Kier molecular flexibility index (Phi) is 3.11. The van der Waals surface area contributed by atoms with Crippen LogP contribution in [0.2, 0.25) is 0 Å². The zero-order chi connectivity index (χ0) is 5.91. The van der Waals surface area contributed by atoms with E-state index in [2.05, 4.69) is 39.5 Å². The van der Waals surface area contributed by atoms with Gasteiger partial charge in [-0.15, -0.1) is 0 Å². The molecule has 1 nitrogen and oxygen atoms in total. The number of thiol groups is 2. The molecule has 0 aliphatic rings. The van der Waals surface area contributed by atoms with Gasteiger partial charge in [0.25, 0.3) is 0 Å². The molecule has 0 saturated heterocycles. The van der Waals surface area contributed by atoms with Gasteiger partial charge in [0, 0.05) is 0 Å². The van der Waals surface area contributed by atoms with E-state index in [1.165, 1.54) is 0 Å². The largest absolute Gasteiger partial charge is 0.207 e. The molecule has 0 aromatic rings. The zero-order valence-electron chi connectivity index (χ0n) is 4.76. The van der Waals surface area contributed by atoms with Crippen LogP contribution in [-0.2, 0) is 0 Å². The summed E-state index contributed by atoms with van der Waals surface area (Å²) in [5, 5.41) is 0. The lowest BCUT2D eigenvalue weighted by Gasteiger charge is -2.19. The van der Waals surface area contributed by atoms with E-state index >= 15 is 0 Å². The summed E-state index contributed by atoms with van der Waals surface area (Å²) >= 11 is 8.38. The van der Waals surface area contributed by atoms with Crippen LogP contribution in [-0.4, -0.2) is 16.4 Å². The Morgan fingerprint density at radius 3 is 1.43 bits per heavy atom. The van der Waals surface area contributed by atoms with Crippen LogP contribution in [0.5, 0.6) is 0 Å². The molecule has 0 spiro atoms. The van der Waals surface area contributed by atoms with Crippen LogP contribution in [0, 0.1) is 0 Å². The third-order valence-corrected chi connectivity index (χ3v) is 2.14. The van der Waals surface area contributed by atoms with Gasteiger partial charge < -0.3 is 0 Å². The van der Waals surface area contributed by atoms with Gasteiger partial charge in [-0.2, -0.15) is 0 Å². The smallest absolute Gasteiger partial charge is 0.0970 e. The SMILES string of the molecule is CC[N+](S)(S)CC. The predicted molar refractivity (Wildman–Crippen MR) is 39.3 cm³/mol. The fraction of sp³-hybridized carbons (Fsp3) is 1.00. The number of hydrogen-bond donors (Lipinski definition) is 2. The van der Waals surface area contributed by atoms with Crippen LogP contribution in [0.1, 0.15) is 13.8 Å². The third kappa shape index (κ3) is 3.26. The van der Waals surface area contributed by atoms with Crippen LogP contribution in [0.4, 0.5) is 0 Å². The minimum atomic E-state index is 0.528. The van der Waals surface area contributed by atoms with E-state index in [-0.39, 0.29) is 0 Å². The molecule has 44 valence electrons. The Morgan fingerprint density at radius 1 is 1.14 bits per heavy atom. The van der Waals surface area contributed by atoms with Crippen molar-refractivity contribution in [3.63, 3.8) is 0 Å². The van der Waals surface area contributed by atoms with E-state index in [0.29, 0.717) is 3.29 Å². The summed E-state index contributed by atoms with van der Waals surface area (Å²) in [5.74, 6) is 0. The summed E-state index contributed by atoms with van der Waals surface area (Å²) in [6, 6.07) is 0. The van der Waals surface area contributed by atoms with Crippen molar-refractivity contribution in [2.24, 2.45) is 0 Å². The Morgan fingerprint density at radius 2 is 1.43 bits per heavy atom. The van der Waals surface area contributed by atoms with E-state index in [1.54, 1.807) is 0 Å². The lowest BCUT2D eigenvalue weighted by atomic mass is 10.7. The van der Waals surface area contributed by atoms with Gasteiger partial charge in [0.2, 0.25) is 0 Å². The molecule has 0 saturated carbocycles. The highest BCUT2D eigenvalue weighted by Crippen LogP contribution is 2.12. The van der Waals surface area contributed by atoms with Gasteiger partial charge in [0.05, 0.1) is 38.7 Å². The topological polar surface area (TPSA) is 0 Å². The molecule has 0 aromatic carbocycles. The van der Waals surface area contributed by atoms with Gasteiger partial charge in [-0.1, -0.05) is 0 Å². The Balaban J connectivity index is 3.36. The molecule has 0 atom stereocenters. The molecule has 0 fully saturated rings. The van der Waals surface area contributed by atoms with Crippen molar-refractivity contribution >= 4 is 25.6 Å². The van der Waals surface area contributed by atoms with Crippen LogP contribution in [0.25, 0.3) is 0 Å². The van der Waals surface area contributed by atoms with Gasteiger partial charge in [-0.05, 0) is 13.8 Å². The predicted octanol–water partition coefficient (Wildman–Crippen LogP) is 1.53. The molecular formula is C4H12NS2+. The first-order valence-electron chi connectivity index (χ1n) is 2.45. The van der Waals surface area contributed by atoms with Crippen LogP contribution >= 0.6 is 25.6 Å². The van der Waals surface area contributed by atoms with E-state index in [9.17, 15) is 0 Å². The Bertz CT molecular complexity index is 47.7. The molecule has 0 unspecified atom stereocenters. The molecule has 0 heterocycles. The standard InChI is InChI=1S/C4H12NS2/c1-3-5(6,7)4-2/h6-7H,3-4H2,1-2H3/q+1. The monoisotopic (exact) mass is 138 g/mol. The van der Waals surface area contributed by atoms with Gasteiger partial charge in [0.1, 0.15) is 0 Å². The number of quaternary nitrogens is 1. The van der Waals surface area contributed by atoms with Gasteiger partial charge >= 0.3 is 0 Å². The number of hydrogen-bond acceptors (Lipinski definition) is 2. The summed E-state index contributed by atoms with van der Waals surface area (Å²) in [7, 11) is 0. The average Bonchev–Trinajstić information content (AvgIpc) is 1.68. The second kappa shape index (κ2) is 2.84. The van der Waals surface area contributed by atoms with Crippen molar-refractivity contribution in [3.8, 4) is 0 Å². The van der Waals surface area contributed by atoms with Crippen molar-refractivity contribution in [3.05, 3.63) is 0 Å². The van der Waals surface area contributed by atoms with Crippen LogP contribution in [0.15, 0.2) is 0 Å². The maximum atomic E-state index is 4.19. The second-order valence-electron chi connectivity index (χ2n) is 1.51.